The van der Waals surface area contributed by atoms with Crippen molar-refractivity contribution >= 4 is 11.5 Å². The molecule has 0 heterocycles. The maximum Gasteiger partial charge on any atom is 0.179 e. The molecule has 3 aromatic rings. The zero-order valence-electron chi connectivity index (χ0n) is 17.9. The van der Waals surface area contributed by atoms with E-state index in [0.29, 0.717) is 0 Å². The average molecular weight is 388 g/mol. The molecule has 0 fully saturated rings. The van der Waals surface area contributed by atoms with Crippen LogP contribution in [0.15, 0.2) is 84.9 Å². The summed E-state index contributed by atoms with van der Waals surface area (Å²) >= 11 is 0. The third-order valence-electron chi connectivity index (χ3n) is 5.31. The van der Waals surface area contributed by atoms with Crippen molar-refractivity contribution < 1.29 is 4.79 Å². The largest absolute Gasteiger partial charge is 0.298 e. The summed E-state index contributed by atoms with van der Waals surface area (Å²) in [5.74, 6) is 0.157. The van der Waals surface area contributed by atoms with Gasteiger partial charge in [-0.15, -0.1) is 0 Å². The van der Waals surface area contributed by atoms with Crippen molar-refractivity contribution in [1.82, 2.24) is 9.38 Å². The smallest absolute Gasteiger partial charge is 0.179 e. The molecule has 3 aromatic carbocycles. The molecule has 0 spiro atoms. The fourth-order valence-corrected chi connectivity index (χ4v) is 3.45. The lowest BCUT2D eigenvalue weighted by Gasteiger charge is -2.29. The molecule has 3 rings (SSSR count). The summed E-state index contributed by atoms with van der Waals surface area (Å²) in [6, 6.07) is 28.5. The fourth-order valence-electron chi connectivity index (χ4n) is 3.45. The summed E-state index contributed by atoms with van der Waals surface area (Å²) in [5.41, 5.74) is 4.37. The third-order valence-corrected chi connectivity index (χ3v) is 5.31. The van der Waals surface area contributed by atoms with Crippen LogP contribution < -0.4 is 4.48 Å². The highest BCUT2D eigenvalue weighted by Crippen LogP contribution is 2.20. The van der Waals surface area contributed by atoms with Gasteiger partial charge in [0, 0.05) is 18.7 Å². The number of rotatable bonds is 8. The standard InChI is InChI=1S/C26H31N2O/c1-21(26(29)24-15-17-25(18-16-24)28(2,3)4)27(19-22-11-7-5-8-12-22)20-23-13-9-6-10-14-23/h5-18,21H,19-20H2,1-4H3/q+1. The molecule has 0 aliphatic carbocycles. The molecule has 3 nitrogen and oxygen atoms in total. The van der Waals surface area contributed by atoms with Crippen LogP contribution in [0, 0.1) is 0 Å². The van der Waals surface area contributed by atoms with Gasteiger partial charge in [-0.3, -0.25) is 14.2 Å². The van der Waals surface area contributed by atoms with Gasteiger partial charge in [-0.2, -0.15) is 0 Å². The van der Waals surface area contributed by atoms with Crippen LogP contribution in [-0.2, 0) is 13.1 Å². The predicted molar refractivity (Wildman–Crippen MR) is 122 cm³/mol. The van der Waals surface area contributed by atoms with E-state index in [1.165, 1.54) is 16.8 Å². The minimum Gasteiger partial charge on any atom is -0.298 e. The number of benzene rings is 3. The molecular weight excluding hydrogens is 356 g/mol. The van der Waals surface area contributed by atoms with Gasteiger partial charge in [0.1, 0.15) is 5.69 Å². The van der Waals surface area contributed by atoms with Gasteiger partial charge in [-0.1, -0.05) is 60.7 Å². The number of Topliss-reactive ketones (excluding diaryl/α,β-unsaturated/α-hetero) is 1. The topological polar surface area (TPSA) is 20.3 Å². The van der Waals surface area contributed by atoms with Crippen LogP contribution in [0.4, 0.5) is 5.69 Å². The highest BCUT2D eigenvalue weighted by molar-refractivity contribution is 6.00. The molecule has 0 bridgehead atoms. The zero-order chi connectivity index (χ0) is 20.9. The number of hydrogen-bond donors (Lipinski definition) is 0. The molecule has 1 atom stereocenters. The van der Waals surface area contributed by atoms with Crippen LogP contribution in [0.1, 0.15) is 28.4 Å². The Morgan fingerprint density at radius 2 is 1.21 bits per heavy atom. The Morgan fingerprint density at radius 1 is 0.759 bits per heavy atom. The summed E-state index contributed by atoms with van der Waals surface area (Å²) in [7, 11) is 6.38. The second-order valence-electron chi connectivity index (χ2n) is 8.48. The monoisotopic (exact) mass is 387 g/mol. The molecule has 0 amide bonds. The quantitative estimate of drug-likeness (QED) is 0.393. The number of ketones is 1. The Balaban J connectivity index is 1.82. The number of nitrogens with zero attached hydrogens (tertiary/aromatic N) is 2. The van der Waals surface area contributed by atoms with Crippen LogP contribution in [0.2, 0.25) is 0 Å². The first kappa shape index (κ1) is 21.0. The molecule has 3 heteroatoms. The molecule has 0 saturated carbocycles. The van der Waals surface area contributed by atoms with E-state index >= 15 is 0 Å². The van der Waals surface area contributed by atoms with Crippen molar-refractivity contribution in [3.63, 3.8) is 0 Å². The maximum absolute atomic E-state index is 13.3. The number of quaternary nitrogens is 1. The Morgan fingerprint density at radius 3 is 1.62 bits per heavy atom. The van der Waals surface area contributed by atoms with Crippen molar-refractivity contribution in [2.24, 2.45) is 0 Å². The van der Waals surface area contributed by atoms with E-state index in [0.717, 1.165) is 23.1 Å². The molecule has 150 valence electrons. The van der Waals surface area contributed by atoms with Gasteiger partial charge in [0.15, 0.2) is 5.78 Å². The highest BCUT2D eigenvalue weighted by atomic mass is 16.1. The van der Waals surface area contributed by atoms with Crippen molar-refractivity contribution in [2.75, 3.05) is 21.1 Å². The Hall–Kier alpha value is -2.75. The van der Waals surface area contributed by atoms with E-state index in [9.17, 15) is 4.79 Å². The summed E-state index contributed by atoms with van der Waals surface area (Å²) in [5, 5.41) is 0. The number of carbonyl (C=O) groups is 1. The predicted octanol–water partition coefficient (Wildman–Crippen LogP) is 5.16. The summed E-state index contributed by atoms with van der Waals surface area (Å²) < 4.78 is 0.734. The Labute approximate surface area is 174 Å². The van der Waals surface area contributed by atoms with E-state index in [2.05, 4.69) is 62.4 Å². The molecule has 0 aliphatic heterocycles. The first-order chi connectivity index (χ1) is 13.8. The van der Waals surface area contributed by atoms with E-state index in [4.69, 9.17) is 0 Å². The van der Waals surface area contributed by atoms with Crippen molar-refractivity contribution in [3.05, 3.63) is 102 Å². The van der Waals surface area contributed by atoms with Crippen LogP contribution >= 0.6 is 0 Å². The van der Waals surface area contributed by atoms with Crippen LogP contribution in [0.3, 0.4) is 0 Å². The molecule has 0 aliphatic rings. The van der Waals surface area contributed by atoms with E-state index in [-0.39, 0.29) is 11.8 Å². The first-order valence-electron chi connectivity index (χ1n) is 10.1. The second kappa shape index (κ2) is 9.17. The Kier molecular flexibility index (Phi) is 6.63. The lowest BCUT2D eigenvalue weighted by molar-refractivity contribution is 0.0816. The van der Waals surface area contributed by atoms with Crippen LogP contribution in [0.5, 0.6) is 0 Å². The summed E-state index contributed by atoms with van der Waals surface area (Å²) in [6.45, 7) is 3.49. The third kappa shape index (κ3) is 5.63. The number of carbonyl (C=O) groups excluding carboxylic acids is 1. The van der Waals surface area contributed by atoms with Crippen LogP contribution in [0.25, 0.3) is 0 Å². The molecule has 0 N–H and O–H groups in total. The molecule has 29 heavy (non-hydrogen) atoms. The second-order valence-corrected chi connectivity index (χ2v) is 8.48. The van der Waals surface area contributed by atoms with Gasteiger partial charge in [0.25, 0.3) is 0 Å². The van der Waals surface area contributed by atoms with Gasteiger partial charge in [0.2, 0.25) is 0 Å². The molecule has 0 saturated heterocycles. The van der Waals surface area contributed by atoms with E-state index < -0.39 is 0 Å². The normalized spacial score (nSPS) is 12.7. The minimum atomic E-state index is -0.217. The van der Waals surface area contributed by atoms with Gasteiger partial charge in [-0.25, -0.2) is 0 Å². The van der Waals surface area contributed by atoms with Gasteiger partial charge in [-0.05, 0) is 42.3 Å². The molecule has 0 radical (unpaired) electrons. The average Bonchev–Trinajstić information content (AvgIpc) is 2.73. The SMILES string of the molecule is CC(C(=O)c1ccc([N+](C)(C)C)cc1)N(Cc1ccccc1)Cc1ccccc1. The summed E-state index contributed by atoms with van der Waals surface area (Å²) in [6.07, 6.45) is 0. The Bertz CT molecular complexity index is 871. The lowest BCUT2D eigenvalue weighted by Crippen LogP contribution is -2.38. The van der Waals surface area contributed by atoms with Crippen LogP contribution in [-0.4, -0.2) is 37.9 Å². The van der Waals surface area contributed by atoms with Gasteiger partial charge in [0.05, 0.1) is 27.2 Å². The van der Waals surface area contributed by atoms with E-state index in [1.54, 1.807) is 0 Å². The lowest BCUT2D eigenvalue weighted by atomic mass is 10.0. The highest BCUT2D eigenvalue weighted by Gasteiger charge is 2.24. The molecule has 0 aromatic heterocycles. The number of hydrogen-bond acceptors (Lipinski definition) is 2. The zero-order valence-corrected chi connectivity index (χ0v) is 17.9. The molecular formula is C26H31N2O+. The fraction of sp³-hybridized carbons (Fsp3) is 0.269. The van der Waals surface area contributed by atoms with Crippen molar-refractivity contribution in [2.45, 2.75) is 26.1 Å². The minimum absolute atomic E-state index is 0.157. The summed E-state index contributed by atoms with van der Waals surface area (Å²) in [4.78, 5) is 15.5. The van der Waals surface area contributed by atoms with Gasteiger partial charge >= 0.3 is 0 Å². The van der Waals surface area contributed by atoms with Crippen molar-refractivity contribution in [1.29, 1.82) is 0 Å². The van der Waals surface area contributed by atoms with Gasteiger partial charge < -0.3 is 0 Å². The first-order valence-corrected chi connectivity index (χ1v) is 10.1. The molecule has 1 unspecified atom stereocenters. The van der Waals surface area contributed by atoms with Crippen molar-refractivity contribution in [3.8, 4) is 0 Å². The van der Waals surface area contributed by atoms with E-state index in [1.807, 2.05) is 55.5 Å². The maximum atomic E-state index is 13.3.